The van der Waals surface area contributed by atoms with Gasteiger partial charge in [-0.25, -0.2) is 0 Å². The van der Waals surface area contributed by atoms with E-state index in [0.29, 0.717) is 30.7 Å². The Kier molecular flexibility index (Phi) is 11.2. The van der Waals surface area contributed by atoms with E-state index in [1.165, 1.54) is 0 Å². The topological polar surface area (TPSA) is 96.0 Å². The lowest BCUT2D eigenvalue weighted by molar-refractivity contribution is -0.146. The fourth-order valence-corrected chi connectivity index (χ4v) is 2.82. The lowest BCUT2D eigenvalue weighted by Gasteiger charge is -2.35. The maximum Gasteiger partial charge on any atom is 0.308 e. The van der Waals surface area contributed by atoms with Gasteiger partial charge in [0, 0.05) is 37.6 Å². The van der Waals surface area contributed by atoms with Gasteiger partial charge in [-0.2, -0.15) is 0 Å². The Morgan fingerprint density at radius 1 is 1.32 bits per heavy atom. The van der Waals surface area contributed by atoms with Crippen molar-refractivity contribution in [2.45, 2.75) is 47.0 Å². The Bertz CT molecular complexity index is 524. The highest BCUT2D eigenvalue weighted by atomic mass is 16.4. The molecule has 0 saturated carbocycles. The molecule has 2 unspecified atom stereocenters. The van der Waals surface area contributed by atoms with E-state index in [4.69, 9.17) is 5.73 Å². The van der Waals surface area contributed by atoms with Crippen LogP contribution in [0.3, 0.4) is 0 Å². The third-order valence-electron chi connectivity index (χ3n) is 3.85. The molecular formula is C19H33N3O3. The Balaban J connectivity index is 0.00000277. The first-order chi connectivity index (χ1) is 11.9. The molecule has 0 aromatic heterocycles. The summed E-state index contributed by atoms with van der Waals surface area (Å²) in [5.74, 6) is -1.27. The summed E-state index contributed by atoms with van der Waals surface area (Å²) < 4.78 is 0. The van der Waals surface area contributed by atoms with Gasteiger partial charge in [0.25, 0.3) is 0 Å². The minimum absolute atomic E-state index is 0.116. The normalized spacial score (nSPS) is 21.7. The minimum Gasteiger partial charge on any atom is -0.481 e. The summed E-state index contributed by atoms with van der Waals surface area (Å²) in [5, 5.41) is 9.24. The lowest BCUT2D eigenvalue weighted by atomic mass is 9.90. The number of rotatable bonds is 6. The van der Waals surface area contributed by atoms with Gasteiger partial charge in [-0.3, -0.25) is 14.6 Å². The molecule has 6 heteroatoms. The second-order valence-corrected chi connectivity index (χ2v) is 6.08. The highest BCUT2D eigenvalue weighted by molar-refractivity contribution is 5.94. The average Bonchev–Trinajstić information content (AvgIpc) is 2.60. The van der Waals surface area contributed by atoms with Crippen molar-refractivity contribution in [3.8, 4) is 0 Å². The summed E-state index contributed by atoms with van der Waals surface area (Å²) in [6.07, 6.45) is 6.92. The van der Waals surface area contributed by atoms with Gasteiger partial charge in [0.1, 0.15) is 0 Å². The lowest BCUT2D eigenvalue weighted by Crippen LogP contribution is -2.46. The summed E-state index contributed by atoms with van der Waals surface area (Å²) >= 11 is 0. The molecule has 142 valence electrons. The maximum atomic E-state index is 12.8. The average molecular weight is 351 g/mol. The predicted molar refractivity (Wildman–Crippen MR) is 103 cm³/mol. The van der Waals surface area contributed by atoms with E-state index in [-0.39, 0.29) is 18.4 Å². The molecule has 1 amide bonds. The van der Waals surface area contributed by atoms with Crippen molar-refractivity contribution < 1.29 is 14.7 Å². The number of hydrogen-bond acceptors (Lipinski definition) is 4. The van der Waals surface area contributed by atoms with Crippen molar-refractivity contribution in [2.24, 2.45) is 22.6 Å². The molecule has 0 aromatic carbocycles. The molecule has 0 aromatic rings. The molecule has 1 aliphatic rings. The van der Waals surface area contributed by atoms with Crippen LogP contribution in [-0.2, 0) is 9.59 Å². The van der Waals surface area contributed by atoms with Gasteiger partial charge in [-0.1, -0.05) is 34.1 Å². The largest absolute Gasteiger partial charge is 0.481 e. The van der Waals surface area contributed by atoms with Gasteiger partial charge in [0.05, 0.1) is 5.92 Å². The number of nitrogens with zero attached hydrogens (tertiary/aromatic N) is 2. The standard InChI is InChI=1S/C17H27N3O3.C2H6/c1-4-5-13(9-15(18)6-7-19-3)16(21)20-10-12(2)8-14(11-20)17(22)23;1-2/h6-7,9,12,14H,4-5,8,10-11,18H2,1-3H3,(H,22,23);1-2H3/b13-9+,15-6-,19-7?;. The molecule has 0 radical (unpaired) electrons. The smallest absolute Gasteiger partial charge is 0.308 e. The third kappa shape index (κ3) is 8.01. The second-order valence-electron chi connectivity index (χ2n) is 6.08. The number of carbonyl (C=O) groups is 2. The first-order valence-corrected chi connectivity index (χ1v) is 8.99. The number of hydrogen-bond donors (Lipinski definition) is 2. The molecule has 1 fully saturated rings. The number of allylic oxidation sites excluding steroid dienone is 2. The van der Waals surface area contributed by atoms with Crippen LogP contribution in [-0.4, -0.2) is 48.2 Å². The Labute approximate surface area is 151 Å². The molecule has 0 bridgehead atoms. The Morgan fingerprint density at radius 2 is 1.96 bits per heavy atom. The molecule has 3 N–H and O–H groups in total. The van der Waals surface area contributed by atoms with E-state index >= 15 is 0 Å². The molecule has 0 spiro atoms. The van der Waals surface area contributed by atoms with Gasteiger partial charge >= 0.3 is 5.97 Å². The van der Waals surface area contributed by atoms with Crippen LogP contribution < -0.4 is 5.73 Å². The van der Waals surface area contributed by atoms with Gasteiger partial charge in [-0.05, 0) is 30.9 Å². The van der Waals surface area contributed by atoms with Crippen molar-refractivity contribution in [1.82, 2.24) is 4.90 Å². The van der Waals surface area contributed by atoms with Crippen molar-refractivity contribution in [2.75, 3.05) is 20.1 Å². The molecule has 1 heterocycles. The fourth-order valence-electron chi connectivity index (χ4n) is 2.82. The summed E-state index contributed by atoms with van der Waals surface area (Å²) in [4.78, 5) is 29.5. The predicted octanol–water partition coefficient (Wildman–Crippen LogP) is 2.85. The number of nitrogens with two attached hydrogens (primary N) is 1. The summed E-state index contributed by atoms with van der Waals surface area (Å²) in [7, 11) is 1.65. The highest BCUT2D eigenvalue weighted by Crippen LogP contribution is 2.24. The highest BCUT2D eigenvalue weighted by Gasteiger charge is 2.32. The van der Waals surface area contributed by atoms with Crippen LogP contribution in [0.1, 0.15) is 47.0 Å². The molecule has 1 rings (SSSR count). The number of likely N-dealkylation sites (tertiary alicyclic amines) is 1. The zero-order valence-corrected chi connectivity index (χ0v) is 16.2. The quantitative estimate of drug-likeness (QED) is 0.437. The summed E-state index contributed by atoms with van der Waals surface area (Å²) in [6, 6.07) is 0. The van der Waals surface area contributed by atoms with Crippen LogP contribution in [0.5, 0.6) is 0 Å². The van der Waals surface area contributed by atoms with Gasteiger partial charge in [-0.15, -0.1) is 0 Å². The van der Waals surface area contributed by atoms with Crippen molar-refractivity contribution in [1.29, 1.82) is 0 Å². The number of carboxylic acids is 1. The second kappa shape index (κ2) is 12.3. The van der Waals surface area contributed by atoms with Crippen molar-refractivity contribution in [3.63, 3.8) is 0 Å². The van der Waals surface area contributed by atoms with Crippen molar-refractivity contribution >= 4 is 18.1 Å². The Morgan fingerprint density at radius 3 is 2.48 bits per heavy atom. The molecule has 25 heavy (non-hydrogen) atoms. The van der Waals surface area contributed by atoms with E-state index in [1.807, 2.05) is 27.7 Å². The van der Waals surface area contributed by atoms with E-state index in [0.717, 1.165) is 6.42 Å². The van der Waals surface area contributed by atoms with Crippen LogP contribution in [0.25, 0.3) is 0 Å². The molecule has 0 aliphatic carbocycles. The van der Waals surface area contributed by atoms with E-state index in [9.17, 15) is 14.7 Å². The van der Waals surface area contributed by atoms with Crippen LogP contribution in [0.2, 0.25) is 0 Å². The zero-order valence-electron chi connectivity index (χ0n) is 16.2. The van der Waals surface area contributed by atoms with Gasteiger partial charge < -0.3 is 15.7 Å². The van der Waals surface area contributed by atoms with Crippen LogP contribution in [0, 0.1) is 11.8 Å². The number of carbonyl (C=O) groups excluding carboxylic acids is 1. The maximum absolute atomic E-state index is 12.8. The number of aliphatic carboxylic acids is 1. The SMILES string of the molecule is CC.CCC/C(=C\C(N)=C\C=NC)C(=O)N1CC(C)CC(C(=O)O)C1. The van der Waals surface area contributed by atoms with E-state index in [2.05, 4.69) is 4.99 Å². The first-order valence-electron chi connectivity index (χ1n) is 8.99. The van der Waals surface area contributed by atoms with Crippen LogP contribution in [0.15, 0.2) is 28.4 Å². The zero-order chi connectivity index (χ0) is 19.4. The summed E-state index contributed by atoms with van der Waals surface area (Å²) in [5.41, 5.74) is 6.97. The van der Waals surface area contributed by atoms with E-state index in [1.54, 1.807) is 30.3 Å². The van der Waals surface area contributed by atoms with Crippen molar-refractivity contribution in [3.05, 3.63) is 23.4 Å². The number of piperidine rings is 1. The number of amides is 1. The third-order valence-corrected chi connectivity index (χ3v) is 3.85. The number of carboxylic acid groups (broad SMARTS) is 1. The van der Waals surface area contributed by atoms with Gasteiger partial charge in [0.2, 0.25) is 5.91 Å². The fraction of sp³-hybridized carbons (Fsp3) is 0.632. The molecule has 6 nitrogen and oxygen atoms in total. The molecule has 1 saturated heterocycles. The summed E-state index contributed by atoms with van der Waals surface area (Å²) in [6.45, 7) is 8.82. The minimum atomic E-state index is -0.839. The van der Waals surface area contributed by atoms with E-state index < -0.39 is 11.9 Å². The molecular weight excluding hydrogens is 318 g/mol. The Hall–Kier alpha value is -2.11. The molecule has 1 aliphatic heterocycles. The van der Waals surface area contributed by atoms with Crippen LogP contribution in [0.4, 0.5) is 0 Å². The van der Waals surface area contributed by atoms with Gasteiger partial charge in [0.15, 0.2) is 0 Å². The molecule has 2 atom stereocenters. The first kappa shape index (κ1) is 22.9. The monoisotopic (exact) mass is 351 g/mol. The van der Waals surface area contributed by atoms with Crippen LogP contribution >= 0.6 is 0 Å². The number of aliphatic imine (C=N–C) groups is 1.